The zero-order valence-electron chi connectivity index (χ0n) is 14.1. The van der Waals surface area contributed by atoms with E-state index < -0.39 is 6.04 Å². The maximum atomic E-state index is 12.1. The Morgan fingerprint density at radius 1 is 1.17 bits per heavy atom. The van der Waals surface area contributed by atoms with Crippen molar-refractivity contribution in [2.24, 2.45) is 5.92 Å². The van der Waals surface area contributed by atoms with Gasteiger partial charge in [0, 0.05) is 31.2 Å². The van der Waals surface area contributed by atoms with Crippen LogP contribution in [0.3, 0.4) is 0 Å². The third-order valence-electron chi connectivity index (χ3n) is 4.81. The summed E-state index contributed by atoms with van der Waals surface area (Å²) in [4.78, 5) is 26.3. The van der Waals surface area contributed by atoms with Gasteiger partial charge in [0.25, 0.3) is 0 Å². The van der Waals surface area contributed by atoms with E-state index in [4.69, 9.17) is 0 Å². The summed E-state index contributed by atoms with van der Waals surface area (Å²) in [5.74, 6) is -0.0316. The van der Waals surface area contributed by atoms with Gasteiger partial charge in [0.15, 0.2) is 0 Å². The average Bonchev–Trinajstić information content (AvgIpc) is 3.05. The predicted octanol–water partition coefficient (Wildman–Crippen LogP) is 1.98. The molecule has 5 nitrogen and oxygen atoms in total. The average molecular weight is 327 g/mol. The Labute approximate surface area is 143 Å². The van der Waals surface area contributed by atoms with Gasteiger partial charge in [-0.3, -0.25) is 9.59 Å². The fourth-order valence-corrected chi connectivity index (χ4v) is 2.92. The molecule has 2 aliphatic rings. The summed E-state index contributed by atoms with van der Waals surface area (Å²) < 4.78 is 0. The lowest BCUT2D eigenvalue weighted by Gasteiger charge is -2.25. The number of nitrogens with one attached hydrogen (secondary N) is 2. The minimum Gasteiger partial charge on any atom is -0.364 e. The number of amides is 2. The van der Waals surface area contributed by atoms with Crippen LogP contribution >= 0.6 is 0 Å². The second kappa shape index (κ2) is 7.51. The van der Waals surface area contributed by atoms with E-state index >= 15 is 0 Å². The SMILES string of the molecule is CC(NC(=O)C1CCC1)C(=O)NCc1ccc(N2CC=CC2)cc1. The summed E-state index contributed by atoms with van der Waals surface area (Å²) in [5.41, 5.74) is 2.24. The Balaban J connectivity index is 1.44. The van der Waals surface area contributed by atoms with Crippen LogP contribution in [0.25, 0.3) is 0 Å². The highest BCUT2D eigenvalue weighted by Crippen LogP contribution is 2.26. The maximum absolute atomic E-state index is 12.1. The highest BCUT2D eigenvalue weighted by atomic mass is 16.2. The first-order chi connectivity index (χ1) is 11.6. The fraction of sp³-hybridized carbons (Fsp3) is 0.474. The van der Waals surface area contributed by atoms with Gasteiger partial charge in [0.1, 0.15) is 6.04 Å². The highest BCUT2D eigenvalue weighted by molar-refractivity contribution is 5.88. The fourth-order valence-electron chi connectivity index (χ4n) is 2.92. The molecule has 1 saturated carbocycles. The summed E-state index contributed by atoms with van der Waals surface area (Å²) in [6.45, 7) is 4.11. The normalized spacial score (nSPS) is 18.1. The minimum absolute atomic E-state index is 0.00692. The van der Waals surface area contributed by atoms with Crippen LogP contribution in [-0.2, 0) is 16.1 Å². The first-order valence-electron chi connectivity index (χ1n) is 8.70. The molecule has 1 unspecified atom stereocenters. The lowest BCUT2D eigenvalue weighted by Crippen LogP contribution is -2.47. The smallest absolute Gasteiger partial charge is 0.242 e. The summed E-state index contributed by atoms with van der Waals surface area (Å²) in [6, 6.07) is 7.73. The third-order valence-corrected chi connectivity index (χ3v) is 4.81. The summed E-state index contributed by atoms with van der Waals surface area (Å²) in [5, 5.41) is 5.69. The molecule has 1 aliphatic carbocycles. The van der Waals surface area contributed by atoms with Crippen molar-refractivity contribution < 1.29 is 9.59 Å². The Morgan fingerprint density at radius 3 is 2.42 bits per heavy atom. The van der Waals surface area contributed by atoms with Gasteiger partial charge in [-0.05, 0) is 37.5 Å². The molecule has 1 aromatic rings. The van der Waals surface area contributed by atoms with E-state index in [0.717, 1.165) is 37.9 Å². The molecule has 24 heavy (non-hydrogen) atoms. The molecule has 2 amide bonds. The summed E-state index contributed by atoms with van der Waals surface area (Å²) >= 11 is 0. The number of benzene rings is 1. The largest absolute Gasteiger partial charge is 0.364 e. The lowest BCUT2D eigenvalue weighted by atomic mass is 9.84. The van der Waals surface area contributed by atoms with Crippen molar-refractivity contribution in [1.82, 2.24) is 10.6 Å². The Kier molecular flexibility index (Phi) is 5.18. The second-order valence-corrected chi connectivity index (χ2v) is 6.62. The van der Waals surface area contributed by atoms with Gasteiger partial charge < -0.3 is 15.5 Å². The van der Waals surface area contributed by atoms with E-state index in [1.54, 1.807) is 6.92 Å². The van der Waals surface area contributed by atoms with Crippen molar-refractivity contribution in [3.8, 4) is 0 Å². The van der Waals surface area contributed by atoms with Crippen molar-refractivity contribution in [3.05, 3.63) is 42.0 Å². The molecule has 3 rings (SSSR count). The van der Waals surface area contributed by atoms with Crippen molar-refractivity contribution >= 4 is 17.5 Å². The first kappa shape index (κ1) is 16.6. The van der Waals surface area contributed by atoms with E-state index in [0.29, 0.717) is 6.54 Å². The predicted molar refractivity (Wildman–Crippen MR) is 94.6 cm³/mol. The Morgan fingerprint density at radius 2 is 1.83 bits per heavy atom. The molecule has 0 aromatic heterocycles. The zero-order valence-corrected chi connectivity index (χ0v) is 14.1. The number of hydrogen-bond acceptors (Lipinski definition) is 3. The van der Waals surface area contributed by atoms with Crippen molar-refractivity contribution in [3.63, 3.8) is 0 Å². The molecule has 0 spiro atoms. The van der Waals surface area contributed by atoms with E-state index in [-0.39, 0.29) is 17.7 Å². The van der Waals surface area contributed by atoms with Crippen LogP contribution in [0.5, 0.6) is 0 Å². The van der Waals surface area contributed by atoms with Gasteiger partial charge in [-0.15, -0.1) is 0 Å². The molecule has 1 heterocycles. The molecule has 1 aliphatic heterocycles. The van der Waals surface area contributed by atoms with E-state index in [9.17, 15) is 9.59 Å². The van der Waals surface area contributed by atoms with E-state index in [2.05, 4.69) is 39.8 Å². The molecule has 0 radical (unpaired) electrons. The molecule has 1 atom stereocenters. The number of carbonyl (C=O) groups is 2. The highest BCUT2D eigenvalue weighted by Gasteiger charge is 2.27. The Bertz CT molecular complexity index is 612. The molecule has 2 N–H and O–H groups in total. The topological polar surface area (TPSA) is 61.4 Å². The van der Waals surface area contributed by atoms with Crippen LogP contribution in [0.4, 0.5) is 5.69 Å². The second-order valence-electron chi connectivity index (χ2n) is 6.62. The van der Waals surface area contributed by atoms with Gasteiger partial charge >= 0.3 is 0 Å². The lowest BCUT2D eigenvalue weighted by molar-refractivity contribution is -0.132. The van der Waals surface area contributed by atoms with Gasteiger partial charge in [0.05, 0.1) is 0 Å². The van der Waals surface area contributed by atoms with E-state index in [1.807, 2.05) is 12.1 Å². The molecule has 0 saturated heterocycles. The van der Waals surface area contributed by atoms with Crippen LogP contribution < -0.4 is 15.5 Å². The molecular formula is C19H25N3O2. The number of carbonyl (C=O) groups excluding carboxylic acids is 2. The summed E-state index contributed by atoms with van der Waals surface area (Å²) in [7, 11) is 0. The van der Waals surface area contributed by atoms with Gasteiger partial charge in [0.2, 0.25) is 11.8 Å². The van der Waals surface area contributed by atoms with Crippen LogP contribution in [0.2, 0.25) is 0 Å². The molecule has 1 fully saturated rings. The summed E-state index contributed by atoms with van der Waals surface area (Å²) in [6.07, 6.45) is 7.32. The Hall–Kier alpha value is -2.30. The number of hydrogen-bond donors (Lipinski definition) is 2. The van der Waals surface area contributed by atoms with Gasteiger partial charge in [-0.25, -0.2) is 0 Å². The molecule has 128 valence electrons. The third kappa shape index (κ3) is 3.96. The number of nitrogens with zero attached hydrogens (tertiary/aromatic N) is 1. The zero-order chi connectivity index (χ0) is 16.9. The molecule has 0 bridgehead atoms. The van der Waals surface area contributed by atoms with Crippen molar-refractivity contribution in [1.29, 1.82) is 0 Å². The molecular weight excluding hydrogens is 302 g/mol. The van der Waals surface area contributed by atoms with Gasteiger partial charge in [-0.1, -0.05) is 30.7 Å². The minimum atomic E-state index is -0.493. The quantitative estimate of drug-likeness (QED) is 0.786. The molecule has 5 heteroatoms. The van der Waals surface area contributed by atoms with Crippen LogP contribution in [0.1, 0.15) is 31.7 Å². The number of rotatable bonds is 6. The molecule has 1 aromatic carbocycles. The van der Waals surface area contributed by atoms with Crippen molar-refractivity contribution in [2.75, 3.05) is 18.0 Å². The van der Waals surface area contributed by atoms with E-state index in [1.165, 1.54) is 5.69 Å². The maximum Gasteiger partial charge on any atom is 0.242 e. The number of anilines is 1. The standard InChI is InChI=1S/C19H25N3O2/c1-14(21-19(24)16-5-4-6-16)18(23)20-13-15-7-9-17(10-8-15)22-11-2-3-12-22/h2-3,7-10,14,16H,4-6,11-13H2,1H3,(H,20,23)(H,21,24). The van der Waals surface area contributed by atoms with Crippen LogP contribution in [0, 0.1) is 5.92 Å². The van der Waals surface area contributed by atoms with Crippen LogP contribution in [0.15, 0.2) is 36.4 Å². The monoisotopic (exact) mass is 327 g/mol. The van der Waals surface area contributed by atoms with Crippen molar-refractivity contribution in [2.45, 2.75) is 38.8 Å². The van der Waals surface area contributed by atoms with Crippen LogP contribution in [-0.4, -0.2) is 30.9 Å². The first-order valence-corrected chi connectivity index (χ1v) is 8.70. The van der Waals surface area contributed by atoms with Gasteiger partial charge in [-0.2, -0.15) is 0 Å².